The Morgan fingerprint density at radius 3 is 2.38 bits per heavy atom. The third kappa shape index (κ3) is 5.91. The number of pyridine rings is 1. The predicted molar refractivity (Wildman–Crippen MR) is 128 cm³/mol. The number of rotatable bonds is 11. The predicted octanol–water partition coefficient (Wildman–Crippen LogP) is 4.03. The molecular weight excluding hydrogens is 462 g/mol. The standard InChI is InChI=1S/C25H31ClF2N4O2/c1-24(27,28)25(8-9-25)20(16-6-10-30-11-7-16)14-22(33)31-15-19(32(2)3)12-17-4-5-18(23(29)34)13-21(17)26/h4-7,10-11,13,19-20H,8-9,12,14-15H2,1-3H3,(H2,29,34)(H,31,33)/t19-,20?/m0/s1. The van der Waals surface area contributed by atoms with Crippen molar-refractivity contribution in [1.29, 1.82) is 0 Å². The van der Waals surface area contributed by atoms with Crippen LogP contribution in [0.15, 0.2) is 42.7 Å². The molecule has 0 spiro atoms. The number of nitrogens with zero attached hydrogens (tertiary/aromatic N) is 2. The lowest BCUT2D eigenvalue weighted by molar-refractivity contribution is -0.123. The van der Waals surface area contributed by atoms with Gasteiger partial charge in [0.2, 0.25) is 11.8 Å². The number of amides is 2. The topological polar surface area (TPSA) is 88.3 Å². The molecule has 2 atom stereocenters. The van der Waals surface area contributed by atoms with Gasteiger partial charge in [-0.25, -0.2) is 8.78 Å². The molecule has 1 fully saturated rings. The lowest BCUT2D eigenvalue weighted by Crippen LogP contribution is -2.43. The van der Waals surface area contributed by atoms with E-state index in [0.29, 0.717) is 42.0 Å². The molecule has 1 aliphatic rings. The highest BCUT2D eigenvalue weighted by atomic mass is 35.5. The second kappa shape index (κ2) is 10.4. The van der Waals surface area contributed by atoms with E-state index in [-0.39, 0.29) is 18.4 Å². The molecule has 3 rings (SSSR count). The van der Waals surface area contributed by atoms with Gasteiger partial charge in [-0.05, 0) is 75.7 Å². The Morgan fingerprint density at radius 1 is 1.24 bits per heavy atom. The van der Waals surface area contributed by atoms with Gasteiger partial charge in [-0.15, -0.1) is 0 Å². The average Bonchev–Trinajstić information content (AvgIpc) is 3.58. The van der Waals surface area contributed by atoms with E-state index in [4.69, 9.17) is 17.3 Å². The van der Waals surface area contributed by atoms with Crippen LogP contribution in [-0.2, 0) is 11.2 Å². The summed E-state index contributed by atoms with van der Waals surface area (Å²) in [5.74, 6) is -4.32. The Morgan fingerprint density at radius 2 is 1.88 bits per heavy atom. The minimum Gasteiger partial charge on any atom is -0.366 e. The smallest absolute Gasteiger partial charge is 0.251 e. The van der Waals surface area contributed by atoms with E-state index in [0.717, 1.165) is 12.5 Å². The number of carbonyl (C=O) groups excluding carboxylic acids is 2. The summed E-state index contributed by atoms with van der Waals surface area (Å²) in [4.78, 5) is 30.2. The Kier molecular flexibility index (Phi) is 7.93. The minimum atomic E-state index is -2.89. The summed E-state index contributed by atoms with van der Waals surface area (Å²) in [6.45, 7) is 1.26. The first-order valence-electron chi connectivity index (χ1n) is 11.2. The Balaban J connectivity index is 1.69. The van der Waals surface area contributed by atoms with Crippen LogP contribution in [-0.4, -0.2) is 54.3 Å². The van der Waals surface area contributed by atoms with Crippen molar-refractivity contribution < 1.29 is 18.4 Å². The Hall–Kier alpha value is -2.58. The zero-order valence-corrected chi connectivity index (χ0v) is 20.4. The fourth-order valence-corrected chi connectivity index (χ4v) is 4.76. The minimum absolute atomic E-state index is 0.0261. The van der Waals surface area contributed by atoms with Crippen molar-refractivity contribution in [2.24, 2.45) is 11.1 Å². The number of primary amides is 1. The molecule has 0 radical (unpaired) electrons. The second-order valence-corrected chi connectivity index (χ2v) is 9.79. The van der Waals surface area contributed by atoms with Crippen LogP contribution in [0.5, 0.6) is 0 Å². The molecule has 184 valence electrons. The first-order chi connectivity index (χ1) is 15.9. The zero-order chi connectivity index (χ0) is 25.1. The number of likely N-dealkylation sites (N-methyl/N-ethyl adjacent to an activating group) is 1. The highest BCUT2D eigenvalue weighted by molar-refractivity contribution is 6.31. The van der Waals surface area contributed by atoms with Crippen LogP contribution >= 0.6 is 11.6 Å². The highest BCUT2D eigenvalue weighted by Gasteiger charge is 2.63. The molecule has 2 amide bonds. The molecular formula is C25H31ClF2N4O2. The molecule has 6 nitrogen and oxygen atoms in total. The monoisotopic (exact) mass is 492 g/mol. The molecule has 1 heterocycles. The SMILES string of the molecule is CN(C)[C@H](CNC(=O)CC(c1ccncc1)C1(C(C)(F)F)CC1)Cc1ccc(C(N)=O)cc1Cl. The molecule has 2 aromatic rings. The van der Waals surface area contributed by atoms with Gasteiger partial charge in [0.15, 0.2) is 0 Å². The van der Waals surface area contributed by atoms with E-state index in [2.05, 4.69) is 10.3 Å². The average molecular weight is 493 g/mol. The number of hydrogen-bond acceptors (Lipinski definition) is 4. The summed E-state index contributed by atoms with van der Waals surface area (Å²) < 4.78 is 29.1. The van der Waals surface area contributed by atoms with Gasteiger partial charge >= 0.3 is 0 Å². The van der Waals surface area contributed by atoms with Gasteiger partial charge in [-0.3, -0.25) is 14.6 Å². The van der Waals surface area contributed by atoms with Gasteiger partial charge < -0.3 is 16.0 Å². The maximum Gasteiger partial charge on any atom is 0.251 e. The van der Waals surface area contributed by atoms with E-state index < -0.39 is 23.2 Å². The number of carbonyl (C=O) groups is 2. The lowest BCUT2D eigenvalue weighted by Gasteiger charge is -2.32. The van der Waals surface area contributed by atoms with Crippen molar-refractivity contribution in [2.75, 3.05) is 20.6 Å². The van der Waals surface area contributed by atoms with E-state index in [1.165, 1.54) is 6.07 Å². The summed E-state index contributed by atoms with van der Waals surface area (Å²) in [6, 6.07) is 8.23. The third-order valence-corrected chi connectivity index (χ3v) is 7.24. The summed E-state index contributed by atoms with van der Waals surface area (Å²) in [6.07, 6.45) is 4.41. The van der Waals surface area contributed by atoms with E-state index in [1.807, 2.05) is 19.0 Å². The van der Waals surface area contributed by atoms with Gasteiger partial charge in [0.1, 0.15) is 0 Å². The fraction of sp³-hybridized carbons (Fsp3) is 0.480. The molecule has 0 bridgehead atoms. The Bertz CT molecular complexity index is 1020. The van der Waals surface area contributed by atoms with E-state index in [1.54, 1.807) is 36.7 Å². The number of alkyl halides is 2. The van der Waals surface area contributed by atoms with Gasteiger partial charge in [0, 0.05) is 53.3 Å². The second-order valence-electron chi connectivity index (χ2n) is 9.38. The molecule has 1 unspecified atom stereocenters. The highest BCUT2D eigenvalue weighted by Crippen LogP contribution is 2.65. The lowest BCUT2D eigenvalue weighted by atomic mass is 9.77. The van der Waals surface area contributed by atoms with E-state index in [9.17, 15) is 18.4 Å². The maximum absolute atomic E-state index is 14.5. The normalized spacial score (nSPS) is 16.7. The molecule has 1 aliphatic carbocycles. The number of aromatic nitrogens is 1. The van der Waals surface area contributed by atoms with Gasteiger partial charge in [-0.1, -0.05) is 17.7 Å². The molecule has 1 aromatic heterocycles. The molecule has 9 heteroatoms. The number of nitrogens with two attached hydrogens (primary N) is 1. The number of halogens is 3. The van der Waals surface area contributed by atoms with Crippen LogP contribution in [0.4, 0.5) is 8.78 Å². The van der Waals surface area contributed by atoms with Crippen LogP contribution in [0.25, 0.3) is 0 Å². The summed E-state index contributed by atoms with van der Waals surface area (Å²) in [7, 11) is 3.78. The zero-order valence-electron chi connectivity index (χ0n) is 19.7. The fourth-order valence-electron chi connectivity index (χ4n) is 4.50. The van der Waals surface area contributed by atoms with Gasteiger partial charge in [-0.2, -0.15) is 0 Å². The van der Waals surface area contributed by atoms with Crippen molar-refractivity contribution in [1.82, 2.24) is 15.2 Å². The van der Waals surface area contributed by atoms with Gasteiger partial charge in [0.05, 0.1) is 0 Å². The summed E-state index contributed by atoms with van der Waals surface area (Å²) in [5.41, 5.74) is 5.94. The third-order valence-electron chi connectivity index (χ3n) is 6.89. The first kappa shape index (κ1) is 26.0. The van der Waals surface area contributed by atoms with Crippen LogP contribution < -0.4 is 11.1 Å². The van der Waals surface area contributed by atoms with Crippen LogP contribution in [0, 0.1) is 5.41 Å². The molecule has 0 saturated heterocycles. The van der Waals surface area contributed by atoms with Crippen molar-refractivity contribution >= 4 is 23.4 Å². The largest absolute Gasteiger partial charge is 0.366 e. The molecule has 3 N–H and O–H groups in total. The van der Waals surface area contributed by atoms with Crippen LogP contribution in [0.3, 0.4) is 0 Å². The van der Waals surface area contributed by atoms with Crippen molar-refractivity contribution in [2.45, 2.75) is 50.5 Å². The first-order valence-corrected chi connectivity index (χ1v) is 11.6. The van der Waals surface area contributed by atoms with E-state index >= 15 is 0 Å². The number of nitrogens with one attached hydrogen (secondary N) is 1. The Labute approximate surface area is 203 Å². The quantitative estimate of drug-likeness (QED) is 0.495. The molecule has 0 aliphatic heterocycles. The summed E-state index contributed by atoms with van der Waals surface area (Å²) >= 11 is 6.33. The van der Waals surface area contributed by atoms with Crippen molar-refractivity contribution in [3.8, 4) is 0 Å². The van der Waals surface area contributed by atoms with Crippen molar-refractivity contribution in [3.05, 3.63) is 64.4 Å². The number of hydrogen-bond donors (Lipinski definition) is 2. The van der Waals surface area contributed by atoms with Crippen LogP contribution in [0.1, 0.15) is 53.6 Å². The summed E-state index contributed by atoms with van der Waals surface area (Å²) in [5, 5.41) is 3.35. The maximum atomic E-state index is 14.5. The van der Waals surface area contributed by atoms with Crippen LogP contribution in [0.2, 0.25) is 5.02 Å². The molecule has 1 saturated carbocycles. The van der Waals surface area contributed by atoms with Gasteiger partial charge in [0.25, 0.3) is 5.92 Å². The van der Waals surface area contributed by atoms with Crippen molar-refractivity contribution in [3.63, 3.8) is 0 Å². The molecule has 34 heavy (non-hydrogen) atoms. The number of benzene rings is 1. The molecule has 1 aromatic carbocycles.